The molecular weight excluding hydrogens is 237 g/mol. The van der Waals surface area contributed by atoms with Gasteiger partial charge in [0.2, 0.25) is 0 Å². The highest BCUT2D eigenvalue weighted by Gasteiger charge is 2.04. The molecule has 2 N–H and O–H groups in total. The van der Waals surface area contributed by atoms with Gasteiger partial charge in [-0.2, -0.15) is 0 Å². The van der Waals surface area contributed by atoms with Crippen LogP contribution in [0.25, 0.3) is 0 Å². The summed E-state index contributed by atoms with van der Waals surface area (Å²) in [6.45, 7) is -0.0920. The lowest BCUT2D eigenvalue weighted by atomic mass is 10.2. The van der Waals surface area contributed by atoms with Gasteiger partial charge >= 0.3 is 0 Å². The summed E-state index contributed by atoms with van der Waals surface area (Å²) in [6, 6.07) is 5.03. The molecular formula is C10H11ClFNOS. The van der Waals surface area contributed by atoms with E-state index in [4.69, 9.17) is 34.3 Å². The summed E-state index contributed by atoms with van der Waals surface area (Å²) < 4.78 is 17.1. The lowest BCUT2D eigenvalue weighted by molar-refractivity contribution is 0.290. The quantitative estimate of drug-likeness (QED) is 0.642. The van der Waals surface area contributed by atoms with E-state index in [0.717, 1.165) is 0 Å². The van der Waals surface area contributed by atoms with Gasteiger partial charge < -0.3 is 10.5 Å². The van der Waals surface area contributed by atoms with Crippen molar-refractivity contribution in [3.05, 3.63) is 28.8 Å². The Bertz CT molecular complexity index is 359. The maximum absolute atomic E-state index is 11.8. The number of alkyl halides is 1. The molecule has 2 nitrogen and oxygen atoms in total. The fourth-order valence-corrected chi connectivity index (χ4v) is 1.37. The van der Waals surface area contributed by atoms with Crippen LogP contribution in [0, 0.1) is 0 Å². The number of ether oxygens (including phenoxy) is 1. The van der Waals surface area contributed by atoms with Crippen LogP contribution in [0.5, 0.6) is 5.75 Å². The van der Waals surface area contributed by atoms with Gasteiger partial charge in [-0.25, -0.2) is 0 Å². The number of thiocarbonyl (C=S) groups is 1. The minimum Gasteiger partial charge on any atom is -0.492 e. The van der Waals surface area contributed by atoms with Gasteiger partial charge in [-0.15, -0.1) is 0 Å². The van der Waals surface area contributed by atoms with Crippen LogP contribution in [-0.4, -0.2) is 18.3 Å². The molecule has 0 saturated heterocycles. The summed E-state index contributed by atoms with van der Waals surface area (Å²) in [5, 5.41) is 0.430. The van der Waals surface area contributed by atoms with Crippen LogP contribution in [0.15, 0.2) is 18.2 Å². The monoisotopic (exact) mass is 247 g/mol. The molecule has 15 heavy (non-hydrogen) atoms. The first-order valence-corrected chi connectivity index (χ1v) is 5.22. The topological polar surface area (TPSA) is 35.2 Å². The molecule has 0 heterocycles. The summed E-state index contributed by atoms with van der Waals surface area (Å²) in [7, 11) is 0. The highest BCUT2D eigenvalue weighted by molar-refractivity contribution is 7.80. The molecule has 1 aromatic carbocycles. The van der Waals surface area contributed by atoms with E-state index in [9.17, 15) is 4.39 Å². The number of rotatable bonds is 5. The number of hydrogen-bond donors (Lipinski definition) is 1. The molecule has 0 unspecified atom stereocenters. The summed E-state index contributed by atoms with van der Waals surface area (Å²) in [4.78, 5) is 0.284. The Kier molecular flexibility index (Phi) is 4.78. The molecule has 0 aromatic heterocycles. The van der Waals surface area contributed by atoms with E-state index in [0.29, 0.717) is 29.4 Å². The van der Waals surface area contributed by atoms with Gasteiger partial charge in [0.25, 0.3) is 0 Å². The Hall–Kier alpha value is -0.870. The van der Waals surface area contributed by atoms with Crippen molar-refractivity contribution in [3.63, 3.8) is 0 Å². The third kappa shape index (κ3) is 3.64. The van der Waals surface area contributed by atoms with Gasteiger partial charge in [0.05, 0.1) is 18.3 Å². The minimum absolute atomic E-state index is 0.284. The van der Waals surface area contributed by atoms with Gasteiger partial charge in [0, 0.05) is 12.0 Å². The maximum atomic E-state index is 11.8. The normalized spacial score (nSPS) is 10.0. The van der Waals surface area contributed by atoms with Crippen LogP contribution in [0.1, 0.15) is 12.0 Å². The molecule has 0 spiro atoms. The SMILES string of the molecule is NC(=S)c1ccc(OCCCF)c(Cl)c1. The Balaban J connectivity index is 2.70. The molecule has 0 bridgehead atoms. The zero-order chi connectivity index (χ0) is 11.3. The summed E-state index contributed by atoms with van der Waals surface area (Å²) in [5.41, 5.74) is 6.12. The number of halogens is 2. The van der Waals surface area contributed by atoms with Crippen LogP contribution in [-0.2, 0) is 0 Å². The molecule has 5 heteroatoms. The van der Waals surface area contributed by atoms with Crippen molar-refractivity contribution in [1.29, 1.82) is 0 Å². The van der Waals surface area contributed by atoms with Crippen LogP contribution in [0.4, 0.5) is 4.39 Å². The first-order chi connectivity index (χ1) is 7.15. The van der Waals surface area contributed by atoms with Crippen LogP contribution in [0.2, 0.25) is 5.02 Å². The molecule has 0 amide bonds. The van der Waals surface area contributed by atoms with Gasteiger partial charge in [-0.05, 0) is 18.2 Å². The molecule has 0 aliphatic rings. The van der Waals surface area contributed by atoms with Gasteiger partial charge in [0.15, 0.2) is 0 Å². The summed E-state index contributed by atoms with van der Waals surface area (Å²) in [6.07, 6.45) is 0.355. The van der Waals surface area contributed by atoms with E-state index in [-0.39, 0.29) is 4.99 Å². The molecule has 0 saturated carbocycles. The van der Waals surface area contributed by atoms with E-state index in [1.807, 2.05) is 0 Å². The smallest absolute Gasteiger partial charge is 0.137 e. The van der Waals surface area contributed by atoms with Crippen molar-refractivity contribution in [2.75, 3.05) is 13.3 Å². The number of benzene rings is 1. The second-order valence-electron chi connectivity index (χ2n) is 2.90. The highest BCUT2D eigenvalue weighted by Crippen LogP contribution is 2.25. The third-order valence-corrected chi connectivity index (χ3v) is 2.28. The van der Waals surface area contributed by atoms with E-state index in [2.05, 4.69) is 0 Å². The van der Waals surface area contributed by atoms with Crippen molar-refractivity contribution in [1.82, 2.24) is 0 Å². The van der Waals surface area contributed by atoms with Crippen molar-refractivity contribution in [2.24, 2.45) is 5.73 Å². The van der Waals surface area contributed by atoms with Crippen molar-refractivity contribution in [2.45, 2.75) is 6.42 Å². The van der Waals surface area contributed by atoms with Gasteiger partial charge in [-0.1, -0.05) is 23.8 Å². The second-order valence-corrected chi connectivity index (χ2v) is 3.75. The van der Waals surface area contributed by atoms with Crippen LogP contribution in [0.3, 0.4) is 0 Å². The van der Waals surface area contributed by atoms with Crippen molar-refractivity contribution in [3.8, 4) is 5.75 Å². The summed E-state index contributed by atoms with van der Waals surface area (Å²) in [5.74, 6) is 0.519. The van der Waals surface area contributed by atoms with Crippen molar-refractivity contribution < 1.29 is 9.13 Å². The molecule has 0 fully saturated rings. The lowest BCUT2D eigenvalue weighted by Crippen LogP contribution is -2.09. The zero-order valence-electron chi connectivity index (χ0n) is 8.00. The minimum atomic E-state index is -0.400. The number of nitrogens with two attached hydrogens (primary N) is 1. The standard InChI is InChI=1S/C10H11ClFNOS/c11-8-6-7(10(13)15)2-3-9(8)14-5-1-4-12/h2-3,6H,1,4-5H2,(H2,13,15). The zero-order valence-corrected chi connectivity index (χ0v) is 9.58. The molecule has 1 aromatic rings. The van der Waals surface area contributed by atoms with Gasteiger partial charge in [-0.3, -0.25) is 4.39 Å². The fourth-order valence-electron chi connectivity index (χ4n) is 1.01. The predicted octanol–water partition coefficient (Wildman–Crippen LogP) is 2.71. The van der Waals surface area contributed by atoms with Crippen LogP contribution >= 0.6 is 23.8 Å². The Morgan fingerprint density at radius 3 is 2.80 bits per heavy atom. The average molecular weight is 248 g/mol. The predicted molar refractivity (Wildman–Crippen MR) is 63.4 cm³/mol. The van der Waals surface area contributed by atoms with E-state index in [1.54, 1.807) is 18.2 Å². The molecule has 0 radical (unpaired) electrons. The summed E-state index contributed by atoms with van der Waals surface area (Å²) >= 11 is 10.7. The Morgan fingerprint density at radius 2 is 2.27 bits per heavy atom. The molecule has 1 rings (SSSR count). The average Bonchev–Trinajstić information content (AvgIpc) is 2.20. The Morgan fingerprint density at radius 1 is 1.53 bits per heavy atom. The molecule has 82 valence electrons. The Labute approximate surface area is 98.2 Å². The molecule has 0 aliphatic heterocycles. The highest BCUT2D eigenvalue weighted by atomic mass is 35.5. The fraction of sp³-hybridized carbons (Fsp3) is 0.300. The lowest BCUT2D eigenvalue weighted by Gasteiger charge is -2.08. The van der Waals surface area contributed by atoms with Gasteiger partial charge in [0.1, 0.15) is 10.7 Å². The van der Waals surface area contributed by atoms with E-state index < -0.39 is 6.67 Å². The van der Waals surface area contributed by atoms with Crippen molar-refractivity contribution >= 4 is 28.8 Å². The third-order valence-electron chi connectivity index (χ3n) is 1.75. The second kappa shape index (κ2) is 5.88. The maximum Gasteiger partial charge on any atom is 0.137 e. The first-order valence-electron chi connectivity index (χ1n) is 4.43. The van der Waals surface area contributed by atoms with E-state index >= 15 is 0 Å². The van der Waals surface area contributed by atoms with E-state index in [1.165, 1.54) is 0 Å². The van der Waals surface area contributed by atoms with Crippen LogP contribution < -0.4 is 10.5 Å². The number of hydrogen-bond acceptors (Lipinski definition) is 2. The molecule has 0 atom stereocenters. The molecule has 0 aliphatic carbocycles. The first kappa shape index (κ1) is 12.2. The largest absolute Gasteiger partial charge is 0.492 e.